The van der Waals surface area contributed by atoms with E-state index in [1.54, 1.807) is 0 Å². The lowest BCUT2D eigenvalue weighted by molar-refractivity contribution is -0.143. The number of likely N-dealkylation sites (tertiary alicyclic amines) is 1. The molecule has 1 rings (SSSR count). The first-order chi connectivity index (χ1) is 6.56. The van der Waals surface area contributed by atoms with E-state index < -0.39 is 5.97 Å². The van der Waals surface area contributed by atoms with E-state index in [4.69, 9.17) is 10.8 Å². The molecule has 1 aliphatic heterocycles. The molecule has 0 aliphatic carbocycles. The smallest absolute Gasteiger partial charge is 0.308 e. The molecule has 1 aliphatic rings. The van der Waals surface area contributed by atoms with E-state index in [-0.39, 0.29) is 18.4 Å². The van der Waals surface area contributed by atoms with Gasteiger partial charge in [0.1, 0.15) is 0 Å². The summed E-state index contributed by atoms with van der Waals surface area (Å²) in [6, 6.07) is 0.507. The molecule has 4 nitrogen and oxygen atoms in total. The Labute approximate surface area is 85.1 Å². The maximum absolute atomic E-state index is 10.9. The number of carboxylic acid groups (broad SMARTS) is 1. The van der Waals surface area contributed by atoms with Crippen LogP contribution in [0.1, 0.15) is 20.3 Å². The first-order valence-corrected chi connectivity index (χ1v) is 5.23. The number of hydrogen-bond donors (Lipinski definition) is 2. The largest absolute Gasteiger partial charge is 0.481 e. The second kappa shape index (κ2) is 4.75. The summed E-state index contributed by atoms with van der Waals surface area (Å²) in [5, 5.41) is 8.96. The van der Waals surface area contributed by atoms with Gasteiger partial charge in [-0.25, -0.2) is 0 Å². The van der Waals surface area contributed by atoms with E-state index in [0.717, 1.165) is 19.5 Å². The van der Waals surface area contributed by atoms with E-state index in [1.165, 1.54) is 0 Å². The molecule has 0 spiro atoms. The molecule has 1 fully saturated rings. The highest BCUT2D eigenvalue weighted by molar-refractivity contribution is 5.70. The molecule has 14 heavy (non-hydrogen) atoms. The van der Waals surface area contributed by atoms with Gasteiger partial charge in [-0.2, -0.15) is 0 Å². The Kier molecular flexibility index (Phi) is 3.89. The summed E-state index contributed by atoms with van der Waals surface area (Å²) in [7, 11) is 0. The lowest BCUT2D eigenvalue weighted by Crippen LogP contribution is -2.34. The molecule has 4 heteroatoms. The van der Waals surface area contributed by atoms with Gasteiger partial charge in [0.25, 0.3) is 0 Å². The fraction of sp³-hybridized carbons (Fsp3) is 0.900. The van der Waals surface area contributed by atoms with Gasteiger partial charge in [0.15, 0.2) is 0 Å². The molecule has 2 unspecified atom stereocenters. The van der Waals surface area contributed by atoms with E-state index in [1.807, 2.05) is 0 Å². The van der Waals surface area contributed by atoms with Crippen molar-refractivity contribution < 1.29 is 9.90 Å². The van der Waals surface area contributed by atoms with Gasteiger partial charge >= 0.3 is 5.97 Å². The van der Waals surface area contributed by atoms with Gasteiger partial charge < -0.3 is 15.7 Å². The van der Waals surface area contributed by atoms with Crippen molar-refractivity contribution >= 4 is 5.97 Å². The third-order valence-corrected chi connectivity index (χ3v) is 3.13. The molecule has 0 radical (unpaired) electrons. The van der Waals surface area contributed by atoms with Crippen molar-refractivity contribution in [2.75, 3.05) is 19.6 Å². The Morgan fingerprint density at radius 1 is 1.64 bits per heavy atom. The molecular formula is C10H20N2O2. The number of carbonyl (C=O) groups is 1. The molecule has 1 saturated heterocycles. The predicted molar refractivity (Wildman–Crippen MR) is 55.0 cm³/mol. The Morgan fingerprint density at radius 2 is 2.29 bits per heavy atom. The quantitative estimate of drug-likeness (QED) is 0.688. The topological polar surface area (TPSA) is 66.6 Å². The van der Waals surface area contributed by atoms with Gasteiger partial charge in [0.2, 0.25) is 0 Å². The van der Waals surface area contributed by atoms with Crippen LogP contribution in [0.15, 0.2) is 0 Å². The number of nitrogens with zero attached hydrogens (tertiary/aromatic N) is 1. The first-order valence-electron chi connectivity index (χ1n) is 5.23. The average Bonchev–Trinajstić information content (AvgIpc) is 2.53. The van der Waals surface area contributed by atoms with Crippen LogP contribution in [0.2, 0.25) is 0 Å². The minimum atomic E-state index is -0.747. The second-order valence-electron chi connectivity index (χ2n) is 4.32. The van der Waals surface area contributed by atoms with Gasteiger partial charge in [-0.15, -0.1) is 0 Å². The summed E-state index contributed by atoms with van der Waals surface area (Å²) in [5.41, 5.74) is 5.48. The first kappa shape index (κ1) is 11.5. The van der Waals surface area contributed by atoms with Crippen molar-refractivity contribution in [2.24, 2.45) is 17.6 Å². The van der Waals surface area contributed by atoms with Gasteiger partial charge in [0.05, 0.1) is 5.92 Å². The summed E-state index contributed by atoms with van der Waals surface area (Å²) < 4.78 is 0. The van der Waals surface area contributed by atoms with E-state index in [9.17, 15) is 4.79 Å². The zero-order chi connectivity index (χ0) is 10.7. The molecule has 82 valence electrons. The highest BCUT2D eigenvalue weighted by Gasteiger charge is 2.33. The molecule has 0 bridgehead atoms. The lowest BCUT2D eigenvalue weighted by Gasteiger charge is -2.22. The molecule has 0 aromatic carbocycles. The highest BCUT2D eigenvalue weighted by Crippen LogP contribution is 2.25. The molecule has 0 amide bonds. The molecule has 1 heterocycles. The van der Waals surface area contributed by atoms with Gasteiger partial charge in [-0.05, 0) is 32.7 Å². The van der Waals surface area contributed by atoms with Crippen LogP contribution >= 0.6 is 0 Å². The standard InChI is InChI=1S/C10H20N2O2/c1-7(2)12-4-3-8(6-12)9(5-11)10(13)14/h7-9H,3-6,11H2,1-2H3,(H,13,14). The van der Waals surface area contributed by atoms with Crippen LogP contribution in [0.5, 0.6) is 0 Å². The summed E-state index contributed by atoms with van der Waals surface area (Å²) in [5.74, 6) is -0.873. The normalized spacial score (nSPS) is 25.6. The summed E-state index contributed by atoms with van der Waals surface area (Å²) in [6.07, 6.45) is 0.965. The molecular weight excluding hydrogens is 180 g/mol. The van der Waals surface area contributed by atoms with Crippen LogP contribution in [0.3, 0.4) is 0 Å². The van der Waals surface area contributed by atoms with Crippen molar-refractivity contribution in [3.63, 3.8) is 0 Å². The van der Waals surface area contributed by atoms with Crippen LogP contribution in [0.4, 0.5) is 0 Å². The summed E-state index contributed by atoms with van der Waals surface area (Å²) >= 11 is 0. The maximum Gasteiger partial charge on any atom is 0.308 e. The summed E-state index contributed by atoms with van der Waals surface area (Å²) in [6.45, 7) is 6.42. The fourth-order valence-corrected chi connectivity index (χ4v) is 2.11. The van der Waals surface area contributed by atoms with Crippen LogP contribution in [0, 0.1) is 11.8 Å². The number of rotatable bonds is 4. The highest BCUT2D eigenvalue weighted by atomic mass is 16.4. The Balaban J connectivity index is 2.51. The van der Waals surface area contributed by atoms with Crippen molar-refractivity contribution in [3.8, 4) is 0 Å². The average molecular weight is 200 g/mol. The van der Waals surface area contributed by atoms with E-state index in [0.29, 0.717) is 6.04 Å². The third-order valence-electron chi connectivity index (χ3n) is 3.13. The molecule has 3 N–H and O–H groups in total. The number of carboxylic acids is 1. The fourth-order valence-electron chi connectivity index (χ4n) is 2.11. The lowest BCUT2D eigenvalue weighted by atomic mass is 9.92. The van der Waals surface area contributed by atoms with Gasteiger partial charge in [0, 0.05) is 19.1 Å². The van der Waals surface area contributed by atoms with Gasteiger partial charge in [-0.1, -0.05) is 0 Å². The summed E-state index contributed by atoms with van der Waals surface area (Å²) in [4.78, 5) is 13.2. The van der Waals surface area contributed by atoms with Gasteiger partial charge in [-0.3, -0.25) is 4.79 Å². The third kappa shape index (κ3) is 2.45. The minimum absolute atomic E-state index is 0.236. The Morgan fingerprint density at radius 3 is 2.64 bits per heavy atom. The van der Waals surface area contributed by atoms with Crippen LogP contribution in [0.25, 0.3) is 0 Å². The van der Waals surface area contributed by atoms with Crippen molar-refractivity contribution in [2.45, 2.75) is 26.3 Å². The van der Waals surface area contributed by atoms with Crippen molar-refractivity contribution in [1.82, 2.24) is 4.90 Å². The zero-order valence-corrected chi connectivity index (χ0v) is 8.94. The maximum atomic E-state index is 10.9. The Bertz CT molecular complexity index is 206. The predicted octanol–water partition coefficient (Wildman–Crippen LogP) is 0.376. The van der Waals surface area contributed by atoms with Crippen molar-refractivity contribution in [1.29, 1.82) is 0 Å². The zero-order valence-electron chi connectivity index (χ0n) is 8.94. The van der Waals surface area contributed by atoms with Crippen molar-refractivity contribution in [3.05, 3.63) is 0 Å². The molecule has 0 aromatic rings. The Hall–Kier alpha value is -0.610. The van der Waals surface area contributed by atoms with E-state index in [2.05, 4.69) is 18.7 Å². The van der Waals surface area contributed by atoms with Crippen LogP contribution in [-0.4, -0.2) is 41.7 Å². The molecule has 0 saturated carbocycles. The second-order valence-corrected chi connectivity index (χ2v) is 4.32. The minimum Gasteiger partial charge on any atom is -0.481 e. The number of hydrogen-bond acceptors (Lipinski definition) is 3. The molecule has 2 atom stereocenters. The van der Waals surface area contributed by atoms with Crippen LogP contribution in [-0.2, 0) is 4.79 Å². The number of nitrogens with two attached hydrogens (primary N) is 1. The van der Waals surface area contributed by atoms with Crippen LogP contribution < -0.4 is 5.73 Å². The molecule has 0 aromatic heterocycles. The monoisotopic (exact) mass is 200 g/mol. The SMILES string of the molecule is CC(C)N1CCC(C(CN)C(=O)O)C1. The number of aliphatic carboxylic acids is 1. The van der Waals surface area contributed by atoms with E-state index >= 15 is 0 Å².